The van der Waals surface area contributed by atoms with Crippen molar-refractivity contribution in [1.82, 2.24) is 4.90 Å². The Morgan fingerprint density at radius 2 is 2.00 bits per heavy atom. The largest absolute Gasteiger partial charge is 0.341 e. The van der Waals surface area contributed by atoms with Gasteiger partial charge in [-0.15, -0.1) is 0 Å². The van der Waals surface area contributed by atoms with Gasteiger partial charge in [0, 0.05) is 13.1 Å². The van der Waals surface area contributed by atoms with E-state index in [0.29, 0.717) is 0 Å². The van der Waals surface area contributed by atoms with Crippen molar-refractivity contribution in [3.63, 3.8) is 0 Å². The maximum Gasteiger partial charge on any atom is 0.239 e. The molecule has 1 saturated heterocycles. The van der Waals surface area contributed by atoms with Crippen LogP contribution in [0, 0.1) is 11.3 Å². The number of hydrogen-bond donors (Lipinski definition) is 1. The van der Waals surface area contributed by atoms with Gasteiger partial charge in [-0.25, -0.2) is 0 Å². The van der Waals surface area contributed by atoms with E-state index in [1.807, 2.05) is 18.7 Å². The fourth-order valence-corrected chi connectivity index (χ4v) is 1.80. The van der Waals surface area contributed by atoms with Crippen LogP contribution < -0.4 is 5.73 Å². The van der Waals surface area contributed by atoms with Crippen LogP contribution in [0.25, 0.3) is 0 Å². The van der Waals surface area contributed by atoms with E-state index in [4.69, 9.17) is 5.73 Å². The first kappa shape index (κ1) is 11.5. The highest BCUT2D eigenvalue weighted by Gasteiger charge is 2.34. The summed E-state index contributed by atoms with van der Waals surface area (Å²) in [6.45, 7) is 10.1. The molecule has 1 aliphatic rings. The van der Waals surface area contributed by atoms with E-state index in [1.165, 1.54) is 0 Å². The number of nitrogens with zero attached hydrogens (tertiary/aromatic N) is 1. The molecule has 82 valence electrons. The van der Waals surface area contributed by atoms with Crippen molar-refractivity contribution in [3.8, 4) is 0 Å². The number of nitrogens with two attached hydrogens (primary N) is 1. The van der Waals surface area contributed by atoms with E-state index in [2.05, 4.69) is 13.8 Å². The second-order valence-electron chi connectivity index (χ2n) is 5.44. The lowest BCUT2D eigenvalue weighted by Crippen LogP contribution is -2.45. The highest BCUT2D eigenvalue weighted by molar-refractivity contribution is 5.82. The van der Waals surface area contributed by atoms with Gasteiger partial charge in [-0.2, -0.15) is 0 Å². The number of likely N-dealkylation sites (tertiary alicyclic amines) is 1. The van der Waals surface area contributed by atoms with Gasteiger partial charge in [0.15, 0.2) is 0 Å². The predicted molar refractivity (Wildman–Crippen MR) is 57.8 cm³/mol. The quantitative estimate of drug-likeness (QED) is 0.725. The summed E-state index contributed by atoms with van der Waals surface area (Å²) in [7, 11) is 0. The number of amides is 1. The number of rotatable bonds is 2. The molecule has 2 N–H and O–H groups in total. The maximum atomic E-state index is 11.9. The van der Waals surface area contributed by atoms with Crippen LogP contribution in [0.4, 0.5) is 0 Å². The van der Waals surface area contributed by atoms with E-state index in [0.717, 1.165) is 19.5 Å². The van der Waals surface area contributed by atoms with E-state index in [9.17, 15) is 4.79 Å². The lowest BCUT2D eigenvalue weighted by Gasteiger charge is -2.24. The molecule has 0 spiro atoms. The Balaban J connectivity index is 2.56. The van der Waals surface area contributed by atoms with Crippen LogP contribution in [-0.2, 0) is 4.79 Å². The Labute approximate surface area is 86.6 Å². The molecule has 1 aliphatic heterocycles. The Hall–Kier alpha value is -0.570. The number of hydrogen-bond acceptors (Lipinski definition) is 2. The summed E-state index contributed by atoms with van der Waals surface area (Å²) in [6.07, 6.45) is 1.09. The average Bonchev–Trinajstić information content (AvgIpc) is 2.43. The molecule has 0 bridgehead atoms. The molecule has 1 rings (SSSR count). The lowest BCUT2D eigenvalue weighted by atomic mass is 9.93. The lowest BCUT2D eigenvalue weighted by molar-refractivity contribution is -0.132. The standard InChI is InChI=1S/C11H22N2O/c1-8(2)9(12)10(14)13-6-5-11(3,4)7-13/h8-9H,5-7,12H2,1-4H3. The zero-order valence-corrected chi connectivity index (χ0v) is 9.71. The van der Waals surface area contributed by atoms with Crippen LogP contribution >= 0.6 is 0 Å². The van der Waals surface area contributed by atoms with Crippen molar-refractivity contribution in [1.29, 1.82) is 0 Å². The third-order valence-electron chi connectivity index (χ3n) is 2.99. The second-order valence-corrected chi connectivity index (χ2v) is 5.44. The molecule has 14 heavy (non-hydrogen) atoms. The van der Waals surface area contributed by atoms with Crippen molar-refractivity contribution in [3.05, 3.63) is 0 Å². The first-order valence-corrected chi connectivity index (χ1v) is 5.38. The van der Waals surface area contributed by atoms with E-state index in [-0.39, 0.29) is 23.3 Å². The van der Waals surface area contributed by atoms with Crippen LogP contribution in [0.15, 0.2) is 0 Å². The highest BCUT2D eigenvalue weighted by atomic mass is 16.2. The Bertz CT molecular complexity index is 223. The van der Waals surface area contributed by atoms with Gasteiger partial charge < -0.3 is 10.6 Å². The molecular weight excluding hydrogens is 176 g/mol. The van der Waals surface area contributed by atoms with Gasteiger partial charge in [-0.05, 0) is 17.8 Å². The summed E-state index contributed by atoms with van der Waals surface area (Å²) >= 11 is 0. The molecule has 0 aromatic heterocycles. The molecule has 1 heterocycles. The van der Waals surface area contributed by atoms with Gasteiger partial charge in [-0.3, -0.25) is 4.79 Å². The highest BCUT2D eigenvalue weighted by Crippen LogP contribution is 2.29. The van der Waals surface area contributed by atoms with Gasteiger partial charge in [0.1, 0.15) is 0 Å². The van der Waals surface area contributed by atoms with Gasteiger partial charge in [-0.1, -0.05) is 27.7 Å². The Morgan fingerprint density at radius 3 is 2.36 bits per heavy atom. The first-order chi connectivity index (χ1) is 6.33. The molecule has 1 fully saturated rings. The molecule has 0 aromatic carbocycles. The monoisotopic (exact) mass is 198 g/mol. The third-order valence-corrected chi connectivity index (χ3v) is 2.99. The minimum Gasteiger partial charge on any atom is -0.341 e. The zero-order valence-electron chi connectivity index (χ0n) is 9.71. The van der Waals surface area contributed by atoms with Gasteiger partial charge in [0.2, 0.25) is 5.91 Å². The fourth-order valence-electron chi connectivity index (χ4n) is 1.80. The van der Waals surface area contributed by atoms with Crippen LogP contribution in [0.5, 0.6) is 0 Å². The molecule has 0 aromatic rings. The zero-order chi connectivity index (χ0) is 10.9. The maximum absolute atomic E-state index is 11.9. The molecule has 0 saturated carbocycles. The SMILES string of the molecule is CC(C)C(N)C(=O)N1CCC(C)(C)C1. The van der Waals surface area contributed by atoms with Gasteiger partial charge in [0.25, 0.3) is 0 Å². The van der Waals surface area contributed by atoms with E-state index < -0.39 is 0 Å². The summed E-state index contributed by atoms with van der Waals surface area (Å²) in [5.41, 5.74) is 6.11. The molecular formula is C11H22N2O. The molecule has 3 heteroatoms. The summed E-state index contributed by atoms with van der Waals surface area (Å²) in [4.78, 5) is 13.8. The third kappa shape index (κ3) is 2.47. The predicted octanol–water partition coefficient (Wildman–Crippen LogP) is 1.23. The van der Waals surface area contributed by atoms with Crippen molar-refractivity contribution in [2.75, 3.05) is 13.1 Å². The molecule has 0 radical (unpaired) electrons. The van der Waals surface area contributed by atoms with Crippen molar-refractivity contribution in [2.24, 2.45) is 17.1 Å². The van der Waals surface area contributed by atoms with E-state index >= 15 is 0 Å². The van der Waals surface area contributed by atoms with Gasteiger partial charge >= 0.3 is 0 Å². The smallest absolute Gasteiger partial charge is 0.239 e. The average molecular weight is 198 g/mol. The normalized spacial score (nSPS) is 22.9. The summed E-state index contributed by atoms with van der Waals surface area (Å²) in [5, 5.41) is 0. The van der Waals surface area contributed by atoms with Crippen LogP contribution in [0.1, 0.15) is 34.1 Å². The molecule has 1 unspecified atom stereocenters. The Kier molecular flexibility index (Phi) is 3.20. The molecule has 1 atom stereocenters. The summed E-state index contributed by atoms with van der Waals surface area (Å²) < 4.78 is 0. The number of carbonyl (C=O) groups is 1. The number of carbonyl (C=O) groups excluding carboxylic acids is 1. The fraction of sp³-hybridized carbons (Fsp3) is 0.909. The summed E-state index contributed by atoms with van der Waals surface area (Å²) in [6, 6.07) is -0.330. The van der Waals surface area contributed by atoms with Crippen molar-refractivity contribution >= 4 is 5.91 Å². The van der Waals surface area contributed by atoms with E-state index in [1.54, 1.807) is 0 Å². The van der Waals surface area contributed by atoms with Crippen LogP contribution in [0.2, 0.25) is 0 Å². The minimum atomic E-state index is -0.330. The molecule has 1 amide bonds. The molecule has 0 aliphatic carbocycles. The molecule has 3 nitrogen and oxygen atoms in total. The van der Waals surface area contributed by atoms with Crippen LogP contribution in [-0.4, -0.2) is 29.9 Å². The van der Waals surface area contributed by atoms with Crippen LogP contribution in [0.3, 0.4) is 0 Å². The topological polar surface area (TPSA) is 46.3 Å². The summed E-state index contributed by atoms with van der Waals surface area (Å²) in [5.74, 6) is 0.344. The second kappa shape index (κ2) is 3.89. The van der Waals surface area contributed by atoms with Crippen molar-refractivity contribution < 1.29 is 4.79 Å². The minimum absolute atomic E-state index is 0.116. The Morgan fingerprint density at radius 1 is 1.43 bits per heavy atom. The first-order valence-electron chi connectivity index (χ1n) is 5.38. The van der Waals surface area contributed by atoms with Gasteiger partial charge in [0.05, 0.1) is 6.04 Å². The van der Waals surface area contributed by atoms with Crippen molar-refractivity contribution in [2.45, 2.75) is 40.2 Å².